The van der Waals surface area contributed by atoms with Crippen molar-refractivity contribution >= 4 is 239 Å². The summed E-state index contributed by atoms with van der Waals surface area (Å²) in [6.07, 6.45) is 0. The van der Waals surface area contributed by atoms with Gasteiger partial charge in [0, 0.05) is 0 Å². The lowest BCUT2D eigenvalue weighted by atomic mass is 10.1. The molecule has 0 bridgehead atoms. The second kappa shape index (κ2) is 10.2. The highest BCUT2D eigenvalue weighted by molar-refractivity contribution is 9.42. The molecule has 16 heteroatoms. The second-order valence-corrected chi connectivity index (χ2v) is 32.0. The molecule has 1 N–H and O–H groups in total. The maximum atomic E-state index is 9.76. The summed E-state index contributed by atoms with van der Waals surface area (Å²) in [6, 6.07) is 0. The van der Waals surface area contributed by atoms with Gasteiger partial charge >= 0.3 is 0 Å². The average Bonchev–Trinajstić information content (AvgIpc) is 2.36. The van der Waals surface area contributed by atoms with Crippen molar-refractivity contribution in [3.05, 3.63) is 0 Å². The van der Waals surface area contributed by atoms with Gasteiger partial charge in [0.15, 0.2) is 2.14 Å². The van der Waals surface area contributed by atoms with E-state index in [2.05, 4.69) is 239 Å². The van der Waals surface area contributed by atoms with Gasteiger partial charge in [0.2, 0.25) is 0 Å². The minimum absolute atomic E-state index is 0.233. The van der Waals surface area contributed by atoms with E-state index in [4.69, 9.17) is 0 Å². The largest absolute Gasteiger partial charge is 0.394 e. The SMILES string of the molecule is OCC(Br)(Br)C(Br)(Br)C(Br)(Br)C(Br)(Br)C(Br)(Br)C(Br)(Br)C(Br)(Br)Br. The van der Waals surface area contributed by atoms with Gasteiger partial charge in [0.25, 0.3) is 0 Å². The Kier molecular flexibility index (Phi) is 13.2. The zero-order valence-corrected chi connectivity index (χ0v) is 34.1. The molecule has 0 aliphatic carbocycles. The molecule has 0 aromatic rings. The lowest BCUT2D eigenvalue weighted by Gasteiger charge is -2.55. The molecule has 0 atom stereocenters. The summed E-state index contributed by atoms with van der Waals surface area (Å²) in [6.45, 7) is -0.233. The van der Waals surface area contributed by atoms with Crippen molar-refractivity contribution in [1.29, 1.82) is 0 Å². The average molecular weight is 1310 g/mol. The molecule has 0 aromatic heterocycles. The van der Waals surface area contributed by atoms with Crippen LogP contribution in [-0.2, 0) is 0 Å². The van der Waals surface area contributed by atoms with Gasteiger partial charge in [0.05, 0.1) is 6.61 Å². The van der Waals surface area contributed by atoms with Crippen LogP contribution >= 0.6 is 239 Å². The van der Waals surface area contributed by atoms with Crippen molar-refractivity contribution in [2.45, 2.75) is 21.5 Å². The molecule has 0 heterocycles. The number of rotatable bonds is 6. The third-order valence-electron chi connectivity index (χ3n) is 2.59. The molecule has 0 unspecified atom stereocenters. The smallest absolute Gasteiger partial charge is 0.162 e. The Morgan fingerprint density at radius 1 is 0.417 bits per heavy atom. The Bertz CT molecular complexity index is 461. The van der Waals surface area contributed by atoms with Crippen LogP contribution in [0.2, 0.25) is 0 Å². The monoisotopic (exact) mass is 1300 g/mol. The number of hydrogen-bond acceptors (Lipinski definition) is 1. The summed E-state index contributed by atoms with van der Waals surface area (Å²) >= 11 is 54.4. The van der Waals surface area contributed by atoms with Crippen molar-refractivity contribution in [3.63, 3.8) is 0 Å². The fourth-order valence-electron chi connectivity index (χ4n) is 1.10. The summed E-state index contributed by atoms with van der Waals surface area (Å²) in [5, 5.41) is 9.76. The summed E-state index contributed by atoms with van der Waals surface area (Å²) in [7, 11) is 0. The standard InChI is InChI=1S/C8H3Br15O/c9-2(10,1-24)3(11,12)4(13,14)5(15,16)6(17,18)7(19,20)8(21,22)23/h24H,1H2. The Labute approximate surface area is 266 Å². The molecule has 24 heavy (non-hydrogen) atoms. The van der Waals surface area contributed by atoms with E-state index >= 15 is 0 Å². The van der Waals surface area contributed by atoms with E-state index in [0.29, 0.717) is 0 Å². The number of aliphatic hydroxyl groups is 1. The highest BCUT2D eigenvalue weighted by Gasteiger charge is 2.75. The van der Waals surface area contributed by atoms with E-state index in [-0.39, 0.29) is 6.61 Å². The number of alkyl halides is 15. The van der Waals surface area contributed by atoms with Crippen molar-refractivity contribution in [2.24, 2.45) is 0 Å². The second-order valence-electron chi connectivity index (χ2n) is 4.23. The van der Waals surface area contributed by atoms with E-state index < -0.39 is 21.5 Å². The van der Waals surface area contributed by atoms with Crippen LogP contribution in [0.25, 0.3) is 0 Å². The maximum Gasteiger partial charge on any atom is 0.162 e. The predicted octanol–water partition coefficient (Wildman–Crippen LogP) is 10.7. The van der Waals surface area contributed by atoms with Crippen LogP contribution in [0, 0.1) is 0 Å². The first-order chi connectivity index (χ1) is 10.1. The molecule has 0 saturated heterocycles. The lowest BCUT2D eigenvalue weighted by Crippen LogP contribution is -2.66. The van der Waals surface area contributed by atoms with E-state index in [1.54, 1.807) is 0 Å². The number of hydrogen-bond donors (Lipinski definition) is 1. The van der Waals surface area contributed by atoms with Crippen LogP contribution in [0.15, 0.2) is 0 Å². The minimum Gasteiger partial charge on any atom is -0.394 e. The van der Waals surface area contributed by atoms with Gasteiger partial charge in [-0.1, -0.05) is 239 Å². The Morgan fingerprint density at radius 2 is 0.667 bits per heavy atom. The van der Waals surface area contributed by atoms with Crippen LogP contribution in [0.5, 0.6) is 0 Å². The van der Waals surface area contributed by atoms with Crippen LogP contribution in [-0.4, -0.2) is 33.3 Å². The van der Waals surface area contributed by atoms with Gasteiger partial charge in [-0.3, -0.25) is 0 Å². The first-order valence-corrected chi connectivity index (χ1v) is 16.9. The van der Waals surface area contributed by atoms with Crippen LogP contribution in [0.1, 0.15) is 0 Å². The topological polar surface area (TPSA) is 20.2 Å². The van der Waals surface area contributed by atoms with E-state index in [0.717, 1.165) is 0 Å². The lowest BCUT2D eigenvalue weighted by molar-refractivity contribution is 0.282. The molecular formula is C8H3Br15O. The molecule has 0 rings (SSSR count). The molecule has 0 amide bonds. The fourth-order valence-corrected chi connectivity index (χ4v) is 13.5. The molecule has 0 spiro atoms. The van der Waals surface area contributed by atoms with Gasteiger partial charge in [-0.2, -0.15) is 0 Å². The van der Waals surface area contributed by atoms with Gasteiger partial charge in [-0.25, -0.2) is 0 Å². The van der Waals surface area contributed by atoms with Gasteiger partial charge in [-0.05, 0) is 0 Å². The molecule has 0 aromatic carbocycles. The highest BCUT2D eigenvalue weighted by Crippen LogP contribution is 2.76. The van der Waals surface area contributed by atoms with Crippen LogP contribution in [0.3, 0.4) is 0 Å². The zero-order valence-electron chi connectivity index (χ0n) is 10.3. The van der Waals surface area contributed by atoms with E-state index in [1.165, 1.54) is 0 Å². The molecule has 1 nitrogen and oxygen atoms in total. The third-order valence-corrected chi connectivity index (χ3v) is 32.0. The maximum absolute atomic E-state index is 9.76. The number of aliphatic hydroxyl groups excluding tert-OH is 1. The molecule has 0 saturated carbocycles. The molecule has 146 valence electrons. The molecule has 0 aliphatic heterocycles. The third kappa shape index (κ3) is 5.62. The van der Waals surface area contributed by atoms with Crippen molar-refractivity contribution in [1.82, 2.24) is 0 Å². The van der Waals surface area contributed by atoms with Gasteiger partial charge in [-0.15, -0.1) is 0 Å². The zero-order chi connectivity index (χ0) is 20.2. The molecule has 0 aliphatic rings. The summed E-state index contributed by atoms with van der Waals surface area (Å²) in [5.74, 6) is 0. The normalized spacial score (nSPS) is 16.5. The summed E-state index contributed by atoms with van der Waals surface area (Å²) in [4.78, 5) is 0. The first kappa shape index (κ1) is 31.2. The Hall–Kier alpha value is 7.16. The van der Waals surface area contributed by atoms with Gasteiger partial charge < -0.3 is 5.11 Å². The van der Waals surface area contributed by atoms with Crippen LogP contribution in [0.4, 0.5) is 0 Å². The fraction of sp³-hybridized carbons (Fsp3) is 1.00. The predicted molar refractivity (Wildman–Crippen MR) is 160 cm³/mol. The van der Waals surface area contributed by atoms with Crippen molar-refractivity contribution in [2.75, 3.05) is 6.61 Å². The van der Waals surface area contributed by atoms with E-state index in [9.17, 15) is 5.11 Å². The summed E-state index contributed by atoms with van der Waals surface area (Å²) in [5.41, 5.74) is 0. The molecule has 0 radical (unpaired) electrons. The van der Waals surface area contributed by atoms with Crippen LogP contribution < -0.4 is 0 Å². The summed E-state index contributed by atoms with van der Waals surface area (Å²) < 4.78 is -6.47. The molecule has 0 fully saturated rings. The van der Waals surface area contributed by atoms with E-state index in [1.807, 2.05) is 0 Å². The van der Waals surface area contributed by atoms with Crippen molar-refractivity contribution in [3.8, 4) is 0 Å². The highest BCUT2D eigenvalue weighted by atomic mass is 80.0. The van der Waals surface area contributed by atoms with Gasteiger partial charge in [0.1, 0.15) is 19.4 Å². The molecular weight excluding hydrogens is 1310 g/mol. The first-order valence-electron chi connectivity index (χ1n) is 5.00. The number of halogens is 15. The van der Waals surface area contributed by atoms with Crippen molar-refractivity contribution < 1.29 is 5.11 Å². The Balaban J connectivity index is 6.42. The minimum atomic E-state index is -0.992. The quantitative estimate of drug-likeness (QED) is 0.263. The Morgan fingerprint density at radius 3 is 0.917 bits per heavy atom.